The molecular formula is C9H17Br. The van der Waals surface area contributed by atoms with Gasteiger partial charge in [-0.25, -0.2) is 0 Å². The fourth-order valence-electron chi connectivity index (χ4n) is 2.16. The van der Waals surface area contributed by atoms with E-state index in [9.17, 15) is 0 Å². The molecule has 0 bridgehead atoms. The van der Waals surface area contributed by atoms with Crippen molar-refractivity contribution in [3.05, 3.63) is 0 Å². The van der Waals surface area contributed by atoms with Gasteiger partial charge in [0.2, 0.25) is 0 Å². The molecule has 1 heteroatoms. The van der Waals surface area contributed by atoms with Gasteiger partial charge in [0, 0.05) is 5.33 Å². The Kier molecular flexibility index (Phi) is 1.91. The van der Waals surface area contributed by atoms with Gasteiger partial charge >= 0.3 is 0 Å². The van der Waals surface area contributed by atoms with Crippen LogP contribution in [-0.2, 0) is 0 Å². The third kappa shape index (κ3) is 0.939. The summed E-state index contributed by atoms with van der Waals surface area (Å²) >= 11 is 3.49. The first kappa shape index (κ1) is 8.58. The first-order valence-electron chi connectivity index (χ1n) is 4.00. The van der Waals surface area contributed by atoms with Crippen molar-refractivity contribution in [3.8, 4) is 0 Å². The fraction of sp³-hybridized carbons (Fsp3) is 1.00. The highest BCUT2D eigenvalue weighted by Crippen LogP contribution is 2.69. The molecule has 10 heavy (non-hydrogen) atoms. The minimum atomic E-state index is 0.584. The summed E-state index contributed by atoms with van der Waals surface area (Å²) in [6.07, 6.45) is 1.33. The van der Waals surface area contributed by atoms with Crippen LogP contribution in [-0.4, -0.2) is 5.33 Å². The topological polar surface area (TPSA) is 0 Å². The Balaban J connectivity index is 2.54. The number of hydrogen-bond acceptors (Lipinski definition) is 0. The molecule has 0 amide bonds. The highest BCUT2D eigenvalue weighted by molar-refractivity contribution is 9.09. The van der Waals surface area contributed by atoms with Gasteiger partial charge in [-0.2, -0.15) is 0 Å². The molecule has 0 unspecified atom stereocenters. The monoisotopic (exact) mass is 204 g/mol. The SMILES string of the molecule is CC1(C)C(CCBr)C1(C)C. The minimum Gasteiger partial charge on any atom is -0.0928 e. The van der Waals surface area contributed by atoms with Crippen LogP contribution >= 0.6 is 15.9 Å². The van der Waals surface area contributed by atoms with E-state index in [1.54, 1.807) is 0 Å². The lowest BCUT2D eigenvalue weighted by Crippen LogP contribution is -1.95. The summed E-state index contributed by atoms with van der Waals surface area (Å²) in [6, 6.07) is 0. The van der Waals surface area contributed by atoms with Gasteiger partial charge in [-0.3, -0.25) is 0 Å². The van der Waals surface area contributed by atoms with E-state index in [-0.39, 0.29) is 0 Å². The molecule has 1 aliphatic rings. The second-order valence-electron chi connectivity index (χ2n) is 4.47. The summed E-state index contributed by atoms with van der Waals surface area (Å²) in [4.78, 5) is 0. The standard InChI is InChI=1S/C9H17Br/c1-8(2)7(5-6-10)9(8,3)4/h7H,5-6H2,1-4H3. The maximum atomic E-state index is 3.49. The summed E-state index contributed by atoms with van der Waals surface area (Å²) in [5.41, 5.74) is 1.17. The predicted octanol–water partition coefficient (Wildman–Crippen LogP) is 3.45. The normalized spacial score (nSPS) is 28.5. The molecule has 1 aliphatic carbocycles. The van der Waals surface area contributed by atoms with Gasteiger partial charge in [-0.05, 0) is 23.2 Å². The third-order valence-electron chi connectivity index (χ3n) is 3.72. The third-order valence-corrected chi connectivity index (χ3v) is 4.18. The number of rotatable bonds is 2. The van der Waals surface area contributed by atoms with Gasteiger partial charge in [-0.15, -0.1) is 0 Å². The van der Waals surface area contributed by atoms with E-state index in [4.69, 9.17) is 0 Å². The van der Waals surface area contributed by atoms with Crippen LogP contribution in [0.15, 0.2) is 0 Å². The van der Waals surface area contributed by atoms with Crippen molar-refractivity contribution in [1.82, 2.24) is 0 Å². The zero-order chi connectivity index (χ0) is 7.99. The largest absolute Gasteiger partial charge is 0.0928 e. The Morgan fingerprint density at radius 1 is 1.10 bits per heavy atom. The van der Waals surface area contributed by atoms with E-state index in [1.807, 2.05) is 0 Å². The molecule has 0 aromatic heterocycles. The second-order valence-corrected chi connectivity index (χ2v) is 5.27. The summed E-state index contributed by atoms with van der Waals surface area (Å²) < 4.78 is 0. The van der Waals surface area contributed by atoms with Gasteiger partial charge in [-0.1, -0.05) is 43.6 Å². The molecule has 1 fully saturated rings. The van der Waals surface area contributed by atoms with E-state index < -0.39 is 0 Å². The van der Waals surface area contributed by atoms with E-state index in [0.29, 0.717) is 10.8 Å². The number of alkyl halides is 1. The maximum absolute atomic E-state index is 3.49. The van der Waals surface area contributed by atoms with Crippen LogP contribution in [0.25, 0.3) is 0 Å². The molecular weight excluding hydrogens is 188 g/mol. The molecule has 0 aromatic rings. The van der Waals surface area contributed by atoms with Gasteiger partial charge < -0.3 is 0 Å². The van der Waals surface area contributed by atoms with Crippen molar-refractivity contribution in [3.63, 3.8) is 0 Å². The van der Waals surface area contributed by atoms with Gasteiger partial charge in [0.25, 0.3) is 0 Å². The Hall–Kier alpha value is 0.480. The molecule has 0 radical (unpaired) electrons. The highest BCUT2D eigenvalue weighted by atomic mass is 79.9. The summed E-state index contributed by atoms with van der Waals surface area (Å²) in [5, 5.41) is 1.16. The number of halogens is 1. The second kappa shape index (κ2) is 2.23. The van der Waals surface area contributed by atoms with Crippen molar-refractivity contribution < 1.29 is 0 Å². The predicted molar refractivity (Wildman–Crippen MR) is 49.5 cm³/mol. The molecule has 0 aromatic carbocycles. The summed E-state index contributed by atoms with van der Waals surface area (Å²) in [5.74, 6) is 0.930. The lowest BCUT2D eigenvalue weighted by Gasteiger charge is -2.04. The minimum absolute atomic E-state index is 0.584. The Labute approximate surface area is 72.5 Å². The van der Waals surface area contributed by atoms with E-state index >= 15 is 0 Å². The molecule has 60 valence electrons. The molecule has 0 aliphatic heterocycles. The van der Waals surface area contributed by atoms with Crippen LogP contribution < -0.4 is 0 Å². The van der Waals surface area contributed by atoms with Gasteiger partial charge in [0.15, 0.2) is 0 Å². The number of hydrogen-bond donors (Lipinski definition) is 0. The fourth-order valence-corrected chi connectivity index (χ4v) is 2.62. The molecule has 1 rings (SSSR count). The lowest BCUT2D eigenvalue weighted by molar-refractivity contribution is 0.457. The quantitative estimate of drug-likeness (QED) is 0.605. The molecule has 0 atom stereocenters. The Morgan fingerprint density at radius 2 is 1.50 bits per heavy atom. The highest BCUT2D eigenvalue weighted by Gasteiger charge is 2.63. The van der Waals surface area contributed by atoms with Crippen molar-refractivity contribution in [2.24, 2.45) is 16.7 Å². The van der Waals surface area contributed by atoms with Crippen LogP contribution in [0.1, 0.15) is 34.1 Å². The Morgan fingerprint density at radius 3 is 1.60 bits per heavy atom. The maximum Gasteiger partial charge on any atom is 0.00343 e. The van der Waals surface area contributed by atoms with Gasteiger partial charge in [0.1, 0.15) is 0 Å². The smallest absolute Gasteiger partial charge is 0.00343 e. The molecule has 0 nitrogen and oxygen atoms in total. The van der Waals surface area contributed by atoms with Crippen LogP contribution in [0.5, 0.6) is 0 Å². The summed E-state index contributed by atoms with van der Waals surface area (Å²) in [6.45, 7) is 9.50. The molecule has 0 spiro atoms. The Bertz CT molecular complexity index is 122. The molecule has 0 heterocycles. The average molecular weight is 205 g/mol. The average Bonchev–Trinajstić information content (AvgIpc) is 2.13. The van der Waals surface area contributed by atoms with Crippen LogP contribution in [0, 0.1) is 16.7 Å². The van der Waals surface area contributed by atoms with E-state index in [1.165, 1.54) is 6.42 Å². The van der Waals surface area contributed by atoms with E-state index in [2.05, 4.69) is 43.6 Å². The molecule has 0 saturated heterocycles. The van der Waals surface area contributed by atoms with Crippen molar-refractivity contribution in [2.75, 3.05) is 5.33 Å². The van der Waals surface area contributed by atoms with E-state index in [0.717, 1.165) is 11.2 Å². The zero-order valence-corrected chi connectivity index (χ0v) is 8.96. The first-order valence-corrected chi connectivity index (χ1v) is 5.12. The lowest BCUT2D eigenvalue weighted by atomic mass is 10.0. The van der Waals surface area contributed by atoms with Crippen LogP contribution in [0.3, 0.4) is 0 Å². The van der Waals surface area contributed by atoms with Crippen molar-refractivity contribution in [2.45, 2.75) is 34.1 Å². The zero-order valence-electron chi connectivity index (χ0n) is 7.37. The van der Waals surface area contributed by atoms with Crippen LogP contribution in [0.4, 0.5) is 0 Å². The van der Waals surface area contributed by atoms with Crippen molar-refractivity contribution in [1.29, 1.82) is 0 Å². The van der Waals surface area contributed by atoms with Crippen LogP contribution in [0.2, 0.25) is 0 Å². The van der Waals surface area contributed by atoms with Gasteiger partial charge in [0.05, 0.1) is 0 Å². The molecule has 0 N–H and O–H groups in total. The molecule has 1 saturated carbocycles. The summed E-state index contributed by atoms with van der Waals surface area (Å²) in [7, 11) is 0. The van der Waals surface area contributed by atoms with Crippen molar-refractivity contribution >= 4 is 15.9 Å². The first-order chi connectivity index (χ1) is 4.44.